The Morgan fingerprint density at radius 1 is 1.28 bits per heavy atom. The van der Waals surface area contributed by atoms with E-state index in [0.29, 0.717) is 6.79 Å². The Bertz CT molecular complexity index is 432. The van der Waals surface area contributed by atoms with Crippen molar-refractivity contribution in [1.82, 2.24) is 5.32 Å². The summed E-state index contributed by atoms with van der Waals surface area (Å²) >= 11 is 3.58. The van der Waals surface area contributed by atoms with Crippen molar-refractivity contribution in [3.05, 3.63) is 22.2 Å². The molecule has 0 saturated carbocycles. The summed E-state index contributed by atoms with van der Waals surface area (Å²) in [5, 5.41) is 3.58. The zero-order valence-corrected chi connectivity index (χ0v) is 12.8. The molecule has 0 radical (unpaired) electrons. The van der Waals surface area contributed by atoms with Crippen molar-refractivity contribution in [1.29, 1.82) is 0 Å². The number of rotatable bonds is 5. The number of ether oxygens (including phenoxy) is 2. The highest BCUT2D eigenvalue weighted by Crippen LogP contribution is 2.37. The number of fused-ring (bicyclic) bond motifs is 1. The lowest BCUT2D eigenvalue weighted by atomic mass is 9.98. The van der Waals surface area contributed by atoms with Gasteiger partial charge in [-0.3, -0.25) is 0 Å². The first-order valence-corrected chi connectivity index (χ1v) is 7.14. The summed E-state index contributed by atoms with van der Waals surface area (Å²) in [6.07, 6.45) is 2.34. The van der Waals surface area contributed by atoms with Gasteiger partial charge in [-0.15, -0.1) is 0 Å². The van der Waals surface area contributed by atoms with E-state index in [1.807, 2.05) is 12.1 Å². The smallest absolute Gasteiger partial charge is 0.231 e. The van der Waals surface area contributed by atoms with Crippen LogP contribution in [-0.4, -0.2) is 12.3 Å². The van der Waals surface area contributed by atoms with Gasteiger partial charge in [-0.25, -0.2) is 0 Å². The number of halogens is 1. The highest BCUT2D eigenvalue weighted by Gasteiger charge is 2.19. The van der Waals surface area contributed by atoms with Crippen LogP contribution in [0.4, 0.5) is 0 Å². The van der Waals surface area contributed by atoms with Crippen molar-refractivity contribution in [3.8, 4) is 11.5 Å². The molecule has 1 aromatic rings. The molecule has 2 rings (SSSR count). The fourth-order valence-corrected chi connectivity index (χ4v) is 2.61. The molecule has 1 heterocycles. The van der Waals surface area contributed by atoms with Crippen molar-refractivity contribution < 1.29 is 9.47 Å². The fourth-order valence-electron chi connectivity index (χ4n) is 2.14. The van der Waals surface area contributed by atoms with Gasteiger partial charge in [-0.05, 0) is 38.0 Å². The van der Waals surface area contributed by atoms with E-state index in [1.165, 1.54) is 12.0 Å². The first-order valence-electron chi connectivity index (χ1n) is 6.35. The first-order chi connectivity index (χ1) is 8.52. The van der Waals surface area contributed by atoms with Crippen LogP contribution in [0, 0.1) is 0 Å². The molecule has 0 bridgehead atoms. The van der Waals surface area contributed by atoms with E-state index in [2.05, 4.69) is 42.0 Å². The molecule has 0 amide bonds. The van der Waals surface area contributed by atoms with Crippen molar-refractivity contribution in [2.24, 2.45) is 0 Å². The summed E-state index contributed by atoms with van der Waals surface area (Å²) in [6, 6.07) is 4.02. The molecule has 0 unspecified atom stereocenters. The SMILES string of the molecule is CCCC(C)(C)NCc1cc2c(cc1Br)OCO2. The molecule has 0 atom stereocenters. The van der Waals surface area contributed by atoms with Gasteiger partial charge < -0.3 is 14.8 Å². The minimum atomic E-state index is 0.157. The van der Waals surface area contributed by atoms with Crippen LogP contribution in [0.3, 0.4) is 0 Å². The Balaban J connectivity index is 2.06. The van der Waals surface area contributed by atoms with Crippen molar-refractivity contribution in [2.45, 2.75) is 45.7 Å². The molecule has 0 spiro atoms. The highest BCUT2D eigenvalue weighted by atomic mass is 79.9. The molecule has 1 aromatic carbocycles. The van der Waals surface area contributed by atoms with E-state index in [-0.39, 0.29) is 5.54 Å². The van der Waals surface area contributed by atoms with Crippen molar-refractivity contribution >= 4 is 15.9 Å². The summed E-state index contributed by atoms with van der Waals surface area (Å²) in [6.45, 7) is 7.82. The molecule has 0 saturated heterocycles. The minimum absolute atomic E-state index is 0.157. The summed E-state index contributed by atoms with van der Waals surface area (Å²) in [4.78, 5) is 0. The van der Waals surface area contributed by atoms with Gasteiger partial charge in [0.05, 0.1) is 0 Å². The van der Waals surface area contributed by atoms with Gasteiger partial charge in [-0.1, -0.05) is 29.3 Å². The zero-order valence-electron chi connectivity index (χ0n) is 11.2. The number of benzene rings is 1. The van der Waals surface area contributed by atoms with Crippen molar-refractivity contribution in [2.75, 3.05) is 6.79 Å². The van der Waals surface area contributed by atoms with E-state index in [9.17, 15) is 0 Å². The van der Waals surface area contributed by atoms with Crippen LogP contribution < -0.4 is 14.8 Å². The Labute approximate surface area is 117 Å². The maximum Gasteiger partial charge on any atom is 0.231 e. The van der Waals surface area contributed by atoms with Crippen LogP contribution in [0.25, 0.3) is 0 Å². The van der Waals surface area contributed by atoms with Crippen LogP contribution in [-0.2, 0) is 6.54 Å². The maximum absolute atomic E-state index is 5.40. The van der Waals surface area contributed by atoms with E-state index in [4.69, 9.17) is 9.47 Å². The van der Waals surface area contributed by atoms with Crippen LogP contribution in [0.15, 0.2) is 16.6 Å². The molecule has 1 aliphatic heterocycles. The van der Waals surface area contributed by atoms with Gasteiger partial charge in [0.1, 0.15) is 0 Å². The molecule has 4 heteroatoms. The second kappa shape index (κ2) is 5.49. The lowest BCUT2D eigenvalue weighted by Crippen LogP contribution is -2.38. The van der Waals surface area contributed by atoms with Gasteiger partial charge in [-0.2, -0.15) is 0 Å². The molecule has 1 aliphatic rings. The lowest BCUT2D eigenvalue weighted by Gasteiger charge is -2.26. The Kier molecular flexibility index (Phi) is 4.17. The third-order valence-corrected chi connectivity index (χ3v) is 3.91. The van der Waals surface area contributed by atoms with Crippen LogP contribution in [0.5, 0.6) is 11.5 Å². The Morgan fingerprint density at radius 2 is 1.94 bits per heavy atom. The molecule has 0 fully saturated rings. The normalized spacial score (nSPS) is 14.0. The number of hydrogen-bond donors (Lipinski definition) is 1. The molecule has 1 N–H and O–H groups in total. The quantitative estimate of drug-likeness (QED) is 0.895. The zero-order chi connectivity index (χ0) is 13.2. The predicted molar refractivity (Wildman–Crippen MR) is 76.1 cm³/mol. The third-order valence-electron chi connectivity index (χ3n) is 3.17. The third kappa shape index (κ3) is 3.18. The first kappa shape index (κ1) is 13.7. The molecule has 18 heavy (non-hydrogen) atoms. The maximum atomic E-state index is 5.40. The van der Waals surface area contributed by atoms with Crippen LogP contribution >= 0.6 is 15.9 Å². The topological polar surface area (TPSA) is 30.5 Å². The molecule has 3 nitrogen and oxygen atoms in total. The lowest BCUT2D eigenvalue weighted by molar-refractivity contribution is 0.174. The van der Waals surface area contributed by atoms with Crippen molar-refractivity contribution in [3.63, 3.8) is 0 Å². The average molecular weight is 314 g/mol. The number of hydrogen-bond acceptors (Lipinski definition) is 3. The fraction of sp³-hybridized carbons (Fsp3) is 0.571. The summed E-state index contributed by atoms with van der Waals surface area (Å²) in [7, 11) is 0. The predicted octanol–water partition coefficient (Wildman–Crippen LogP) is 3.85. The number of nitrogens with one attached hydrogen (secondary N) is 1. The van der Waals surface area contributed by atoms with Gasteiger partial charge in [0.15, 0.2) is 11.5 Å². The average Bonchev–Trinajstić information content (AvgIpc) is 2.72. The van der Waals surface area contributed by atoms with Gasteiger partial charge >= 0.3 is 0 Å². The highest BCUT2D eigenvalue weighted by molar-refractivity contribution is 9.10. The van der Waals surface area contributed by atoms with Crippen LogP contribution in [0.1, 0.15) is 39.2 Å². The Hall–Kier alpha value is -0.740. The molecule has 0 aromatic heterocycles. The second-order valence-corrected chi connectivity index (χ2v) is 6.14. The monoisotopic (exact) mass is 313 g/mol. The van der Waals surface area contributed by atoms with E-state index in [1.54, 1.807) is 0 Å². The standard InChI is InChI=1S/C14H20BrNO2/c1-4-5-14(2,3)16-8-10-6-12-13(7-11(10)15)18-9-17-12/h6-7,16H,4-5,8-9H2,1-3H3. The summed E-state index contributed by atoms with van der Waals surface area (Å²) in [5.41, 5.74) is 1.35. The Morgan fingerprint density at radius 3 is 2.61 bits per heavy atom. The van der Waals surface area contributed by atoms with Gasteiger partial charge in [0.25, 0.3) is 0 Å². The largest absolute Gasteiger partial charge is 0.454 e. The summed E-state index contributed by atoms with van der Waals surface area (Å²) in [5.74, 6) is 1.65. The molecular weight excluding hydrogens is 294 g/mol. The van der Waals surface area contributed by atoms with E-state index >= 15 is 0 Å². The second-order valence-electron chi connectivity index (χ2n) is 5.28. The molecular formula is C14H20BrNO2. The van der Waals surface area contributed by atoms with Gasteiger partial charge in [0, 0.05) is 16.6 Å². The van der Waals surface area contributed by atoms with Crippen LogP contribution in [0.2, 0.25) is 0 Å². The summed E-state index contributed by atoms with van der Waals surface area (Å²) < 4.78 is 11.8. The molecule has 100 valence electrons. The van der Waals surface area contributed by atoms with Gasteiger partial charge in [0.2, 0.25) is 6.79 Å². The van der Waals surface area contributed by atoms with E-state index < -0.39 is 0 Å². The minimum Gasteiger partial charge on any atom is -0.454 e. The van der Waals surface area contributed by atoms with E-state index in [0.717, 1.165) is 28.9 Å². The molecule has 0 aliphatic carbocycles.